The topological polar surface area (TPSA) is 33.0 Å². The molecular formula is C28H17F8NO. The fraction of sp³-hybridized carbons (Fsp3) is 0.107. The Kier molecular flexibility index (Phi) is 8.41. The average Bonchev–Trinajstić information content (AvgIpc) is 2.80. The van der Waals surface area contributed by atoms with E-state index in [1.54, 1.807) is 13.0 Å². The number of halogens is 8. The van der Waals surface area contributed by atoms with Gasteiger partial charge in [-0.05, 0) is 54.3 Å². The van der Waals surface area contributed by atoms with Gasteiger partial charge >= 0.3 is 6.11 Å². The fourth-order valence-electron chi connectivity index (χ4n) is 3.48. The Labute approximate surface area is 212 Å². The lowest BCUT2D eigenvalue weighted by molar-refractivity contribution is -0.189. The summed E-state index contributed by atoms with van der Waals surface area (Å²) in [6.07, 6.45) is -1.93. The van der Waals surface area contributed by atoms with E-state index in [0.29, 0.717) is 17.7 Å². The molecule has 196 valence electrons. The van der Waals surface area contributed by atoms with Gasteiger partial charge in [-0.3, -0.25) is 0 Å². The highest BCUT2D eigenvalue weighted by atomic mass is 19.3. The van der Waals surface area contributed by atoms with Gasteiger partial charge in [0.25, 0.3) is 0 Å². The summed E-state index contributed by atoms with van der Waals surface area (Å²) >= 11 is 0. The molecule has 0 aromatic heterocycles. The first kappa shape index (κ1) is 28.2. The molecule has 0 aliphatic carbocycles. The summed E-state index contributed by atoms with van der Waals surface area (Å²) < 4.78 is 119. The third-order valence-corrected chi connectivity index (χ3v) is 5.27. The van der Waals surface area contributed by atoms with Gasteiger partial charge in [-0.2, -0.15) is 14.0 Å². The maximum Gasteiger partial charge on any atom is 0.432 e. The van der Waals surface area contributed by atoms with Crippen LogP contribution in [0.4, 0.5) is 35.1 Å². The summed E-state index contributed by atoms with van der Waals surface area (Å²) in [7, 11) is 0. The minimum absolute atomic E-state index is 0.142. The molecule has 0 heterocycles. The highest BCUT2D eigenvalue weighted by molar-refractivity contribution is 5.78. The zero-order chi connectivity index (χ0) is 28.2. The first-order chi connectivity index (χ1) is 17.9. The summed E-state index contributed by atoms with van der Waals surface area (Å²) in [6.45, 7) is 5.05. The molecule has 0 fully saturated rings. The molecule has 0 saturated carbocycles. The van der Waals surface area contributed by atoms with Crippen LogP contribution in [-0.4, -0.2) is 0 Å². The molecule has 0 radical (unpaired) electrons. The number of allylic oxidation sites excluding steroid dienone is 5. The first-order valence-corrected chi connectivity index (χ1v) is 10.8. The Morgan fingerprint density at radius 2 is 1.55 bits per heavy atom. The van der Waals surface area contributed by atoms with E-state index in [4.69, 9.17) is 5.26 Å². The molecule has 0 bridgehead atoms. The van der Waals surface area contributed by atoms with Gasteiger partial charge in [-0.25, -0.2) is 26.3 Å². The zero-order valence-corrected chi connectivity index (χ0v) is 19.6. The molecule has 0 N–H and O–H groups in total. The van der Waals surface area contributed by atoms with Crippen molar-refractivity contribution in [1.29, 1.82) is 5.26 Å². The standard InChI is InChI=1S/C28H17F8NO/c1-3-4-19(21(29)8-7-16-6-5-15(2)9-22(16)30)17-10-25(33)27(26(34)11-17)28(35,36)38-18-12-23(31)20(14-37)24(32)13-18/h3-6,8-13H,1,7H2,2H3/b19-4-,21-8+. The van der Waals surface area contributed by atoms with E-state index in [9.17, 15) is 35.1 Å². The number of aryl methyl sites for hydroxylation is 1. The minimum Gasteiger partial charge on any atom is -0.429 e. The van der Waals surface area contributed by atoms with Crippen molar-refractivity contribution in [2.75, 3.05) is 0 Å². The largest absolute Gasteiger partial charge is 0.432 e. The molecule has 2 nitrogen and oxygen atoms in total. The average molecular weight is 535 g/mol. The van der Waals surface area contributed by atoms with Gasteiger partial charge in [-0.1, -0.05) is 30.9 Å². The van der Waals surface area contributed by atoms with Crippen LogP contribution in [-0.2, 0) is 12.5 Å². The SMILES string of the molecule is C=C/C=C(\C(F)=C/Cc1ccc(C)cc1F)c1cc(F)c(C(F)(F)Oc2cc(F)c(C#N)c(F)c2)c(F)c1. The number of nitrogens with zero attached hydrogens (tertiary/aromatic N) is 1. The van der Waals surface area contributed by atoms with Gasteiger partial charge in [-0.15, -0.1) is 0 Å². The van der Waals surface area contributed by atoms with Crippen molar-refractivity contribution in [3.63, 3.8) is 0 Å². The lowest BCUT2D eigenvalue weighted by atomic mass is 9.99. The van der Waals surface area contributed by atoms with Crippen LogP contribution in [0.25, 0.3) is 5.57 Å². The van der Waals surface area contributed by atoms with E-state index in [1.165, 1.54) is 18.2 Å². The van der Waals surface area contributed by atoms with Crippen molar-refractivity contribution in [3.05, 3.63) is 130 Å². The highest BCUT2D eigenvalue weighted by Gasteiger charge is 2.41. The van der Waals surface area contributed by atoms with Crippen LogP contribution < -0.4 is 4.74 Å². The zero-order valence-electron chi connectivity index (χ0n) is 19.6. The number of hydrogen-bond donors (Lipinski definition) is 0. The molecule has 0 spiro atoms. The molecule has 0 aliphatic rings. The third kappa shape index (κ3) is 6.11. The number of rotatable bonds is 8. The monoisotopic (exact) mass is 535 g/mol. The van der Waals surface area contributed by atoms with Gasteiger partial charge in [0.2, 0.25) is 0 Å². The van der Waals surface area contributed by atoms with Crippen molar-refractivity contribution >= 4 is 5.57 Å². The summed E-state index contributed by atoms with van der Waals surface area (Å²) in [5, 5.41) is 8.66. The predicted molar refractivity (Wildman–Crippen MR) is 124 cm³/mol. The van der Waals surface area contributed by atoms with Gasteiger partial charge in [0.15, 0.2) is 0 Å². The highest BCUT2D eigenvalue weighted by Crippen LogP contribution is 2.38. The van der Waals surface area contributed by atoms with Crippen molar-refractivity contribution < 1.29 is 39.9 Å². The van der Waals surface area contributed by atoms with Crippen molar-refractivity contribution in [1.82, 2.24) is 0 Å². The van der Waals surface area contributed by atoms with E-state index in [2.05, 4.69) is 11.3 Å². The third-order valence-electron chi connectivity index (χ3n) is 5.27. The van der Waals surface area contributed by atoms with Crippen molar-refractivity contribution in [3.8, 4) is 11.8 Å². The van der Waals surface area contributed by atoms with E-state index >= 15 is 0 Å². The number of benzene rings is 3. The maximum absolute atomic E-state index is 15.0. The summed E-state index contributed by atoms with van der Waals surface area (Å²) in [6, 6.07) is 6.79. The van der Waals surface area contributed by atoms with Crippen LogP contribution in [0.1, 0.15) is 27.8 Å². The second kappa shape index (κ2) is 11.3. The van der Waals surface area contributed by atoms with Gasteiger partial charge in [0.05, 0.1) is 0 Å². The molecule has 3 rings (SSSR count). The van der Waals surface area contributed by atoms with Crippen molar-refractivity contribution in [2.45, 2.75) is 19.5 Å². The molecule has 3 aromatic rings. The number of ether oxygens (including phenoxy) is 1. The first-order valence-electron chi connectivity index (χ1n) is 10.8. The quantitative estimate of drug-likeness (QED) is 0.215. The maximum atomic E-state index is 15.0. The Morgan fingerprint density at radius 1 is 0.947 bits per heavy atom. The molecule has 3 aromatic carbocycles. The Bertz CT molecular complexity index is 1460. The van der Waals surface area contributed by atoms with E-state index in [0.717, 1.165) is 18.2 Å². The second-order valence-electron chi connectivity index (χ2n) is 7.97. The lowest BCUT2D eigenvalue weighted by Gasteiger charge is -2.20. The van der Waals surface area contributed by atoms with E-state index < -0.39 is 69.0 Å². The van der Waals surface area contributed by atoms with Crippen molar-refractivity contribution in [2.24, 2.45) is 0 Å². The molecule has 0 atom stereocenters. The van der Waals surface area contributed by atoms with Gasteiger partial charge in [0, 0.05) is 17.7 Å². The predicted octanol–water partition coefficient (Wildman–Crippen LogP) is 8.36. The molecule has 0 unspecified atom stereocenters. The summed E-state index contributed by atoms with van der Waals surface area (Å²) in [5.41, 5.74) is -3.11. The number of hydrogen-bond acceptors (Lipinski definition) is 2. The Hall–Kier alpha value is -4.39. The van der Waals surface area contributed by atoms with Crippen LogP contribution in [0.2, 0.25) is 0 Å². The molecule has 38 heavy (non-hydrogen) atoms. The number of nitriles is 1. The molecule has 10 heteroatoms. The minimum atomic E-state index is -4.76. The Morgan fingerprint density at radius 3 is 2.08 bits per heavy atom. The summed E-state index contributed by atoms with van der Waals surface area (Å²) in [4.78, 5) is 0. The summed E-state index contributed by atoms with van der Waals surface area (Å²) in [5.74, 6) is -9.53. The van der Waals surface area contributed by atoms with Crippen LogP contribution in [0, 0.1) is 47.3 Å². The fourth-order valence-corrected chi connectivity index (χ4v) is 3.48. The van der Waals surface area contributed by atoms with Gasteiger partial charge < -0.3 is 4.74 Å². The molecule has 0 saturated heterocycles. The van der Waals surface area contributed by atoms with Crippen LogP contribution in [0.5, 0.6) is 5.75 Å². The van der Waals surface area contributed by atoms with E-state index in [-0.39, 0.29) is 24.1 Å². The molecular weight excluding hydrogens is 518 g/mol. The van der Waals surface area contributed by atoms with Gasteiger partial charge in [0.1, 0.15) is 57.9 Å². The van der Waals surface area contributed by atoms with Crippen LogP contribution in [0.3, 0.4) is 0 Å². The molecule has 0 aliphatic heterocycles. The smallest absolute Gasteiger partial charge is 0.429 e. The van der Waals surface area contributed by atoms with E-state index in [1.807, 2.05) is 0 Å². The lowest BCUT2D eigenvalue weighted by Crippen LogP contribution is -2.25. The molecule has 0 amide bonds. The van der Waals surface area contributed by atoms with Crippen LogP contribution >= 0.6 is 0 Å². The number of alkyl halides is 2. The Balaban J connectivity index is 1.95. The van der Waals surface area contributed by atoms with Crippen LogP contribution in [0.15, 0.2) is 73.1 Å². The normalized spacial score (nSPS) is 12.3. The second-order valence-corrected chi connectivity index (χ2v) is 7.97.